The van der Waals surface area contributed by atoms with Crippen LogP contribution in [-0.4, -0.2) is 50.7 Å². The highest BCUT2D eigenvalue weighted by Crippen LogP contribution is 2.21. The number of aromatic nitrogens is 4. The second kappa shape index (κ2) is 8.35. The lowest BCUT2D eigenvalue weighted by Crippen LogP contribution is -2.21. The Hall–Kier alpha value is -2.79. The molecule has 0 aromatic carbocycles. The fourth-order valence-corrected chi connectivity index (χ4v) is 1.49. The lowest BCUT2D eigenvalue weighted by Gasteiger charge is -2.10. The van der Waals surface area contributed by atoms with Crippen LogP contribution < -0.4 is 15.3 Å². The summed E-state index contributed by atoms with van der Waals surface area (Å²) in [5.41, 5.74) is 6.73. The first-order valence-corrected chi connectivity index (χ1v) is 7.04. The molecule has 0 aliphatic carbocycles. The first-order valence-electron chi connectivity index (χ1n) is 7.04. The van der Waals surface area contributed by atoms with E-state index >= 15 is 0 Å². The maximum Gasteiger partial charge on any atom is 0.490 e. The van der Waals surface area contributed by atoms with Gasteiger partial charge in [-0.1, -0.05) is 13.8 Å². The third kappa shape index (κ3) is 5.65. The highest BCUT2D eigenvalue weighted by Gasteiger charge is 2.38. The van der Waals surface area contributed by atoms with Crippen molar-refractivity contribution in [3.63, 3.8) is 0 Å². The minimum atomic E-state index is -5.08. The van der Waals surface area contributed by atoms with E-state index in [2.05, 4.69) is 28.8 Å². The molecule has 0 bridgehead atoms. The largest absolute Gasteiger partial charge is 0.490 e. The average molecular weight is 365 g/mol. The van der Waals surface area contributed by atoms with Crippen LogP contribution in [0.25, 0.3) is 11.2 Å². The first kappa shape index (κ1) is 20.3. The summed E-state index contributed by atoms with van der Waals surface area (Å²) in [7, 11) is 1.52. The molecule has 0 saturated heterocycles. The van der Waals surface area contributed by atoms with Gasteiger partial charge in [0, 0.05) is 0 Å². The molecular weight excluding hydrogens is 347 g/mol. The van der Waals surface area contributed by atoms with Crippen LogP contribution in [0, 0.1) is 5.92 Å². The second-order valence-corrected chi connectivity index (χ2v) is 5.14. The zero-order valence-electron chi connectivity index (χ0n) is 13.7. The van der Waals surface area contributed by atoms with Gasteiger partial charge in [0.25, 0.3) is 0 Å². The number of fused-ring (bicyclic) bond motifs is 1. The summed E-state index contributed by atoms with van der Waals surface area (Å²) in [5.74, 6) is -1.89. The van der Waals surface area contributed by atoms with E-state index in [1.54, 1.807) is 0 Å². The highest BCUT2D eigenvalue weighted by atomic mass is 19.4. The number of imidazole rings is 1. The van der Waals surface area contributed by atoms with Gasteiger partial charge in [-0.3, -0.25) is 0 Å². The summed E-state index contributed by atoms with van der Waals surface area (Å²) in [6, 6.07) is 0.320. The van der Waals surface area contributed by atoms with Crippen LogP contribution in [0.4, 0.5) is 19.0 Å². The average Bonchev–Trinajstić information content (AvgIpc) is 2.86. The predicted molar refractivity (Wildman–Crippen MR) is 80.9 cm³/mol. The maximum atomic E-state index is 10.6. The van der Waals surface area contributed by atoms with E-state index < -0.39 is 12.1 Å². The maximum absolute atomic E-state index is 10.6. The molecule has 3 N–H and O–H groups in total. The molecule has 0 radical (unpaired) electrons. The number of hydrogen-bond donors (Lipinski definition) is 2. The molecule has 0 amide bonds. The summed E-state index contributed by atoms with van der Waals surface area (Å²) in [6.07, 6.45) is -2.77. The highest BCUT2D eigenvalue weighted by molar-refractivity contribution is 5.82. The lowest BCUT2D eigenvalue weighted by molar-refractivity contribution is -0.192. The molecule has 0 aliphatic rings. The van der Waals surface area contributed by atoms with Crippen molar-refractivity contribution < 1.29 is 32.6 Å². The summed E-state index contributed by atoms with van der Waals surface area (Å²) in [4.78, 5) is 26.7. The zero-order chi connectivity index (χ0) is 19.2. The minimum Gasteiger partial charge on any atom is -0.475 e. The molecule has 12 heteroatoms. The van der Waals surface area contributed by atoms with Crippen LogP contribution in [0.2, 0.25) is 0 Å². The van der Waals surface area contributed by atoms with Gasteiger partial charge < -0.3 is 20.4 Å². The number of anilines is 1. The van der Waals surface area contributed by atoms with Gasteiger partial charge in [-0.05, 0) is 12.3 Å². The lowest BCUT2D eigenvalue weighted by atomic mass is 10.1. The molecule has 2 aromatic rings. The number of methoxy groups -OCH3 is 1. The van der Waals surface area contributed by atoms with Gasteiger partial charge in [-0.2, -0.15) is 18.2 Å². The van der Waals surface area contributed by atoms with Crippen molar-refractivity contribution >= 4 is 23.0 Å². The van der Waals surface area contributed by atoms with Crippen LogP contribution in [0.3, 0.4) is 0 Å². The molecule has 9 nitrogen and oxygen atoms in total. The van der Waals surface area contributed by atoms with E-state index in [4.69, 9.17) is 25.2 Å². The van der Waals surface area contributed by atoms with Gasteiger partial charge in [-0.15, -0.1) is 4.73 Å². The number of aliphatic carboxylic acids is 1. The quantitative estimate of drug-likeness (QED) is 0.817. The van der Waals surface area contributed by atoms with Crippen molar-refractivity contribution in [3.8, 4) is 6.01 Å². The number of nitrogens with two attached hydrogens (primary N) is 1. The van der Waals surface area contributed by atoms with E-state index in [0.717, 1.165) is 6.42 Å². The molecule has 0 fully saturated rings. The molecule has 0 spiro atoms. The van der Waals surface area contributed by atoms with E-state index in [1.807, 2.05) is 0 Å². The number of nitrogens with zero attached hydrogens (tertiary/aromatic N) is 4. The number of alkyl halides is 3. The fraction of sp³-hybridized carbons (Fsp3) is 0.538. The standard InChI is InChI=1S/C11H17N5O2.C2HF3O2/c1-7(2)4-5-18-16-10-8(15-11(16)17-3)9(12)13-6-14-10;3-2(4,5)1(6)7/h6-7H,4-5H2,1-3H3,(H2,12,13,14);(H,6,7). The number of carboxylic acids is 1. The van der Waals surface area contributed by atoms with Crippen molar-refractivity contribution in [1.82, 2.24) is 19.7 Å². The Bertz CT molecular complexity index is 717. The van der Waals surface area contributed by atoms with Gasteiger partial charge >= 0.3 is 18.2 Å². The third-order valence-corrected chi connectivity index (χ3v) is 2.75. The van der Waals surface area contributed by atoms with Crippen LogP contribution in [-0.2, 0) is 4.79 Å². The van der Waals surface area contributed by atoms with E-state index in [1.165, 1.54) is 18.2 Å². The molecule has 2 aromatic heterocycles. The van der Waals surface area contributed by atoms with Crippen molar-refractivity contribution in [1.29, 1.82) is 0 Å². The molecule has 25 heavy (non-hydrogen) atoms. The molecule has 2 heterocycles. The summed E-state index contributed by atoms with van der Waals surface area (Å²) >= 11 is 0. The van der Waals surface area contributed by atoms with Crippen molar-refractivity contribution in [2.75, 3.05) is 19.5 Å². The van der Waals surface area contributed by atoms with Crippen molar-refractivity contribution in [3.05, 3.63) is 6.33 Å². The third-order valence-electron chi connectivity index (χ3n) is 2.75. The van der Waals surface area contributed by atoms with Gasteiger partial charge in [0.1, 0.15) is 12.9 Å². The number of rotatable bonds is 5. The Morgan fingerprint density at radius 2 is 2.00 bits per heavy atom. The molecule has 0 saturated carbocycles. The fourth-order valence-electron chi connectivity index (χ4n) is 1.49. The number of halogens is 3. The molecule has 0 atom stereocenters. The SMILES string of the molecule is COc1nc2c(N)ncnc2n1OCCC(C)C.O=C(O)C(F)(F)F. The van der Waals surface area contributed by atoms with Gasteiger partial charge in [0.05, 0.1) is 7.11 Å². The van der Waals surface area contributed by atoms with Crippen LogP contribution in [0.15, 0.2) is 6.33 Å². The Kier molecular flexibility index (Phi) is 6.77. The predicted octanol–water partition coefficient (Wildman–Crippen LogP) is 1.53. The van der Waals surface area contributed by atoms with Crippen LogP contribution in [0.1, 0.15) is 20.3 Å². The molecule has 0 unspecified atom stereocenters. The smallest absolute Gasteiger partial charge is 0.475 e. The number of ether oxygens (including phenoxy) is 1. The molecule has 140 valence electrons. The Labute approximate surface area is 140 Å². The van der Waals surface area contributed by atoms with E-state index in [9.17, 15) is 13.2 Å². The minimum absolute atomic E-state index is 0.310. The summed E-state index contributed by atoms with van der Waals surface area (Å²) in [6.45, 7) is 4.82. The van der Waals surface area contributed by atoms with Gasteiger partial charge in [-0.25, -0.2) is 14.8 Å². The van der Waals surface area contributed by atoms with Crippen LogP contribution in [0.5, 0.6) is 6.01 Å². The van der Waals surface area contributed by atoms with Crippen molar-refractivity contribution in [2.24, 2.45) is 5.92 Å². The Morgan fingerprint density at radius 1 is 1.40 bits per heavy atom. The molecule has 0 aliphatic heterocycles. The van der Waals surface area contributed by atoms with Gasteiger partial charge in [0.15, 0.2) is 11.3 Å². The second-order valence-electron chi connectivity index (χ2n) is 5.14. The zero-order valence-corrected chi connectivity index (χ0v) is 13.7. The first-order chi connectivity index (χ1) is 11.6. The number of carbonyl (C=O) groups is 1. The monoisotopic (exact) mass is 365 g/mol. The van der Waals surface area contributed by atoms with Crippen molar-refractivity contribution in [2.45, 2.75) is 26.4 Å². The van der Waals surface area contributed by atoms with E-state index in [-0.39, 0.29) is 0 Å². The molecule has 2 rings (SSSR count). The Morgan fingerprint density at radius 3 is 2.48 bits per heavy atom. The van der Waals surface area contributed by atoms with E-state index in [0.29, 0.717) is 35.5 Å². The number of hydrogen-bond acceptors (Lipinski definition) is 7. The normalized spacial score (nSPS) is 11.2. The van der Waals surface area contributed by atoms with Crippen LogP contribution >= 0.6 is 0 Å². The summed E-state index contributed by atoms with van der Waals surface area (Å²) < 4.78 is 38.3. The topological polar surface area (TPSA) is 125 Å². The number of carboxylic acid groups (broad SMARTS) is 1. The molecular formula is C13H18F3N5O4. The Balaban J connectivity index is 0.000000381. The number of nitrogen functional groups attached to an aromatic ring is 1. The van der Waals surface area contributed by atoms with Gasteiger partial charge in [0.2, 0.25) is 5.65 Å². The summed E-state index contributed by atoms with van der Waals surface area (Å²) in [5, 5.41) is 7.12.